The van der Waals surface area contributed by atoms with Gasteiger partial charge in [-0.3, -0.25) is 14.9 Å². The molecule has 0 heterocycles. The van der Waals surface area contributed by atoms with Crippen LogP contribution in [-0.4, -0.2) is 11.2 Å². The van der Waals surface area contributed by atoms with Crippen LogP contribution in [0, 0.1) is 10.1 Å². The summed E-state index contributed by atoms with van der Waals surface area (Å²) in [6, 6.07) is 0. The molecule has 50 valence electrons. The first-order chi connectivity index (χ1) is 4.09. The smallest absolute Gasteiger partial charge is 0.249 e. The lowest BCUT2D eigenvalue weighted by Gasteiger charge is -1.88. The fourth-order valence-corrected chi connectivity index (χ4v) is 0.229. The molecule has 0 unspecified atom stereocenters. The number of aldehydes is 1. The number of rotatable bonds is 2. The largest absolute Gasteiger partial charge is 0.298 e. The third kappa shape index (κ3) is 2.03. The maximum atomic E-state index is 9.89. The molecule has 0 saturated carbocycles. The van der Waals surface area contributed by atoms with Gasteiger partial charge in [-0.25, -0.2) is 0 Å². The summed E-state index contributed by atoms with van der Waals surface area (Å²) in [5.41, 5.74) is 0.0741. The molecule has 0 radical (unpaired) electrons. The first-order valence-electron chi connectivity index (χ1n) is 2.36. The van der Waals surface area contributed by atoms with Gasteiger partial charge < -0.3 is 0 Å². The van der Waals surface area contributed by atoms with Gasteiger partial charge in [0.25, 0.3) is 0 Å². The minimum Gasteiger partial charge on any atom is -0.298 e. The third-order valence-corrected chi connectivity index (χ3v) is 1.02. The van der Waals surface area contributed by atoms with Crippen molar-refractivity contribution in [3.05, 3.63) is 21.4 Å². The number of carbonyl (C=O) groups excluding carboxylic acids is 1. The molecule has 0 saturated heterocycles. The first kappa shape index (κ1) is 7.81. The van der Waals surface area contributed by atoms with Gasteiger partial charge in [0.2, 0.25) is 5.70 Å². The predicted octanol–water partition coefficient (Wildman–Crippen LogP) is 0.756. The third-order valence-electron chi connectivity index (χ3n) is 1.02. The molecule has 0 rings (SSSR count). The van der Waals surface area contributed by atoms with Crippen LogP contribution in [-0.2, 0) is 4.79 Å². The van der Waals surface area contributed by atoms with Crippen molar-refractivity contribution >= 4 is 6.29 Å². The molecule has 0 fully saturated rings. The maximum absolute atomic E-state index is 9.89. The fraction of sp³-hybridized carbons (Fsp3) is 0.400. The van der Waals surface area contributed by atoms with Crippen molar-refractivity contribution in [3.8, 4) is 0 Å². The van der Waals surface area contributed by atoms with E-state index in [1.54, 1.807) is 0 Å². The molecule has 0 spiro atoms. The van der Waals surface area contributed by atoms with E-state index < -0.39 is 4.92 Å². The average molecular weight is 129 g/mol. The van der Waals surface area contributed by atoms with Crippen molar-refractivity contribution in [1.29, 1.82) is 0 Å². The van der Waals surface area contributed by atoms with E-state index in [0.29, 0.717) is 6.29 Å². The van der Waals surface area contributed by atoms with Crippen molar-refractivity contribution in [2.24, 2.45) is 0 Å². The standard InChI is InChI=1S/C5H7NO3/c1-4(3-7)5(2)6(8)9/h3H,1-2H3/b5-4-. The van der Waals surface area contributed by atoms with E-state index >= 15 is 0 Å². The lowest BCUT2D eigenvalue weighted by molar-refractivity contribution is -0.425. The molecule has 0 aliphatic carbocycles. The normalized spacial score (nSPS) is 12.2. The van der Waals surface area contributed by atoms with E-state index in [2.05, 4.69) is 0 Å². The van der Waals surface area contributed by atoms with Crippen molar-refractivity contribution < 1.29 is 9.72 Å². The van der Waals surface area contributed by atoms with Crippen LogP contribution in [0.4, 0.5) is 0 Å². The Morgan fingerprint density at radius 3 is 2.11 bits per heavy atom. The molecule has 0 aromatic heterocycles. The van der Waals surface area contributed by atoms with Crippen LogP contribution >= 0.6 is 0 Å². The molecular weight excluding hydrogens is 122 g/mol. The van der Waals surface area contributed by atoms with Gasteiger partial charge in [0.05, 0.1) is 10.5 Å². The van der Waals surface area contributed by atoms with Gasteiger partial charge in [0, 0.05) is 6.92 Å². The highest BCUT2D eigenvalue weighted by atomic mass is 16.6. The molecule has 0 aromatic rings. The number of hydrogen-bond donors (Lipinski definition) is 0. The quantitative estimate of drug-likeness (QED) is 0.239. The monoisotopic (exact) mass is 129 g/mol. The van der Waals surface area contributed by atoms with Gasteiger partial charge in [0.1, 0.15) is 0 Å². The number of nitrogens with zero attached hydrogens (tertiary/aromatic N) is 1. The Bertz CT molecular complexity index is 171. The molecule has 0 aliphatic heterocycles. The van der Waals surface area contributed by atoms with Gasteiger partial charge in [-0.1, -0.05) is 0 Å². The van der Waals surface area contributed by atoms with Gasteiger partial charge >= 0.3 is 0 Å². The summed E-state index contributed by atoms with van der Waals surface area (Å²) in [4.78, 5) is 19.2. The summed E-state index contributed by atoms with van der Waals surface area (Å²) in [6.45, 7) is 2.70. The van der Waals surface area contributed by atoms with Crippen molar-refractivity contribution in [2.75, 3.05) is 0 Å². The first-order valence-corrected chi connectivity index (χ1v) is 2.36. The molecular formula is C5H7NO3. The second-order valence-electron chi connectivity index (χ2n) is 1.64. The Labute approximate surface area is 52.3 Å². The summed E-state index contributed by atoms with van der Waals surface area (Å²) >= 11 is 0. The summed E-state index contributed by atoms with van der Waals surface area (Å²) in [7, 11) is 0. The zero-order valence-corrected chi connectivity index (χ0v) is 5.25. The van der Waals surface area contributed by atoms with Crippen LogP contribution in [0.1, 0.15) is 13.8 Å². The van der Waals surface area contributed by atoms with E-state index in [1.807, 2.05) is 0 Å². The van der Waals surface area contributed by atoms with E-state index in [9.17, 15) is 14.9 Å². The zero-order valence-electron chi connectivity index (χ0n) is 5.25. The highest BCUT2D eigenvalue weighted by Crippen LogP contribution is 1.98. The lowest BCUT2D eigenvalue weighted by Crippen LogP contribution is -1.97. The van der Waals surface area contributed by atoms with Crippen LogP contribution in [0.25, 0.3) is 0 Å². The number of hydrogen-bond acceptors (Lipinski definition) is 3. The number of carbonyl (C=O) groups is 1. The Balaban J connectivity index is 4.47. The molecule has 0 atom stereocenters. The maximum Gasteiger partial charge on any atom is 0.249 e. The SMILES string of the molecule is C/C(C=O)=C(\C)[N+](=O)[O-]. The van der Waals surface area contributed by atoms with Crippen LogP contribution in [0.5, 0.6) is 0 Å². The Morgan fingerprint density at radius 1 is 1.56 bits per heavy atom. The molecule has 0 aliphatic rings. The van der Waals surface area contributed by atoms with Gasteiger partial charge in [-0.15, -0.1) is 0 Å². The Morgan fingerprint density at radius 2 is 2.00 bits per heavy atom. The van der Waals surface area contributed by atoms with E-state index in [4.69, 9.17) is 0 Å². The second kappa shape index (κ2) is 2.96. The topological polar surface area (TPSA) is 60.2 Å². The molecule has 4 heteroatoms. The molecule has 0 bridgehead atoms. The van der Waals surface area contributed by atoms with E-state index in [0.717, 1.165) is 0 Å². The summed E-state index contributed by atoms with van der Waals surface area (Å²) in [6.07, 6.45) is 0.470. The van der Waals surface area contributed by atoms with Gasteiger partial charge in [0.15, 0.2) is 6.29 Å². The molecule has 0 amide bonds. The Hall–Kier alpha value is -1.19. The van der Waals surface area contributed by atoms with E-state index in [1.165, 1.54) is 13.8 Å². The lowest BCUT2D eigenvalue weighted by atomic mass is 10.3. The minimum atomic E-state index is -0.580. The summed E-state index contributed by atoms with van der Waals surface area (Å²) in [5, 5.41) is 9.89. The van der Waals surface area contributed by atoms with Crippen LogP contribution in [0.2, 0.25) is 0 Å². The molecule has 4 nitrogen and oxygen atoms in total. The molecule has 0 aromatic carbocycles. The number of nitro groups is 1. The average Bonchev–Trinajstić information content (AvgIpc) is 1.84. The fourth-order valence-electron chi connectivity index (χ4n) is 0.229. The minimum absolute atomic E-state index is 0.0926. The predicted molar refractivity (Wildman–Crippen MR) is 31.4 cm³/mol. The van der Waals surface area contributed by atoms with E-state index in [-0.39, 0.29) is 11.3 Å². The van der Waals surface area contributed by atoms with Crippen LogP contribution in [0.15, 0.2) is 11.3 Å². The second-order valence-corrected chi connectivity index (χ2v) is 1.64. The molecule has 9 heavy (non-hydrogen) atoms. The van der Waals surface area contributed by atoms with Gasteiger partial charge in [-0.05, 0) is 6.92 Å². The van der Waals surface area contributed by atoms with Crippen molar-refractivity contribution in [3.63, 3.8) is 0 Å². The Kier molecular flexibility index (Phi) is 2.57. The van der Waals surface area contributed by atoms with Crippen molar-refractivity contribution in [2.45, 2.75) is 13.8 Å². The van der Waals surface area contributed by atoms with Gasteiger partial charge in [-0.2, -0.15) is 0 Å². The highest BCUT2D eigenvalue weighted by molar-refractivity contribution is 5.72. The highest BCUT2D eigenvalue weighted by Gasteiger charge is 2.05. The summed E-state index contributed by atoms with van der Waals surface area (Å²) < 4.78 is 0. The van der Waals surface area contributed by atoms with Crippen molar-refractivity contribution in [1.82, 2.24) is 0 Å². The van der Waals surface area contributed by atoms with Crippen LogP contribution in [0.3, 0.4) is 0 Å². The molecule has 0 N–H and O–H groups in total. The zero-order chi connectivity index (χ0) is 7.44. The summed E-state index contributed by atoms with van der Waals surface area (Å²) in [5.74, 6) is 0. The number of allylic oxidation sites excluding steroid dienone is 2. The van der Waals surface area contributed by atoms with Crippen LogP contribution < -0.4 is 0 Å².